The molecule has 1 amide bonds. The van der Waals surface area contributed by atoms with Crippen molar-refractivity contribution in [2.24, 2.45) is 0 Å². The largest absolute Gasteiger partial charge is 0.352 e. The molecule has 0 radical (unpaired) electrons. The molecule has 3 nitrogen and oxygen atoms in total. The van der Waals surface area contributed by atoms with Crippen LogP contribution in [0.25, 0.3) is 0 Å². The summed E-state index contributed by atoms with van der Waals surface area (Å²) in [4.78, 5) is 11.8. The van der Waals surface area contributed by atoms with E-state index in [2.05, 4.69) is 33.2 Å². The van der Waals surface area contributed by atoms with Crippen molar-refractivity contribution in [1.29, 1.82) is 0 Å². The maximum Gasteiger partial charge on any atom is 0.251 e. The minimum absolute atomic E-state index is 0. The summed E-state index contributed by atoms with van der Waals surface area (Å²) in [6, 6.07) is 5.79. The van der Waals surface area contributed by atoms with Gasteiger partial charge in [0.15, 0.2) is 0 Å². The van der Waals surface area contributed by atoms with Gasteiger partial charge >= 0.3 is 0 Å². The number of benzene rings is 1. The average Bonchev–Trinajstić information content (AvgIpc) is 2.28. The number of amides is 1. The quantitative estimate of drug-likeness (QED) is 0.619. The summed E-state index contributed by atoms with van der Waals surface area (Å²) in [5.74, 6) is 0.0205. The Balaban J connectivity index is 0.00000256. The fraction of sp³-hybridized carbons (Fsp3) is 0.417. The molecule has 0 aromatic heterocycles. The Morgan fingerprint density at radius 2 is 2.06 bits per heavy atom. The van der Waals surface area contributed by atoms with Gasteiger partial charge in [0.25, 0.3) is 5.91 Å². The van der Waals surface area contributed by atoms with Crippen LogP contribution >= 0.6 is 35.0 Å². The summed E-state index contributed by atoms with van der Waals surface area (Å²) in [7, 11) is 1.91. The number of halogens is 2. The zero-order valence-electron chi connectivity index (χ0n) is 10.0. The average molecular weight is 369 g/mol. The van der Waals surface area contributed by atoms with Crippen LogP contribution in [-0.2, 0) is 0 Å². The Bertz CT molecular complexity index is 372. The summed E-state index contributed by atoms with van der Waals surface area (Å²) in [6.45, 7) is 3.61. The molecule has 0 spiro atoms. The highest BCUT2D eigenvalue weighted by molar-refractivity contribution is 14.1. The monoisotopic (exact) mass is 368 g/mol. The molecule has 2 N–H and O–H groups in total. The lowest BCUT2D eigenvalue weighted by atomic mass is 10.1. The first kappa shape index (κ1) is 16.7. The van der Waals surface area contributed by atoms with E-state index in [4.69, 9.17) is 0 Å². The number of nitrogens with one attached hydrogen (secondary N) is 2. The van der Waals surface area contributed by atoms with Crippen LogP contribution in [0.3, 0.4) is 0 Å². The number of hydrogen-bond donors (Lipinski definition) is 2. The van der Waals surface area contributed by atoms with E-state index < -0.39 is 0 Å². The summed E-state index contributed by atoms with van der Waals surface area (Å²) < 4.78 is 1.13. The summed E-state index contributed by atoms with van der Waals surface area (Å²) >= 11 is 2.24. The molecule has 0 heterocycles. The van der Waals surface area contributed by atoms with Crippen LogP contribution in [0.1, 0.15) is 22.3 Å². The maximum atomic E-state index is 11.8. The van der Waals surface area contributed by atoms with Gasteiger partial charge in [0.1, 0.15) is 0 Å². The molecule has 1 rings (SSSR count). The van der Waals surface area contributed by atoms with Gasteiger partial charge in [0, 0.05) is 15.7 Å². The number of rotatable bonds is 5. The smallest absolute Gasteiger partial charge is 0.251 e. The van der Waals surface area contributed by atoms with Crippen LogP contribution in [0.4, 0.5) is 0 Å². The van der Waals surface area contributed by atoms with Crippen molar-refractivity contribution in [3.8, 4) is 0 Å². The zero-order chi connectivity index (χ0) is 12.0. The molecule has 0 bridgehead atoms. The minimum atomic E-state index is 0. The SMILES string of the molecule is CNCCCNC(=O)c1cccc(I)c1C.Cl. The minimum Gasteiger partial charge on any atom is -0.352 e. The van der Waals surface area contributed by atoms with Gasteiger partial charge in [-0.1, -0.05) is 6.07 Å². The van der Waals surface area contributed by atoms with E-state index in [-0.39, 0.29) is 18.3 Å². The zero-order valence-corrected chi connectivity index (χ0v) is 13.0. The standard InChI is InChI=1S/C12H17IN2O.ClH/c1-9-10(5-3-6-11(9)13)12(16)15-8-4-7-14-2;/h3,5-6,14H,4,7-8H2,1-2H3,(H,15,16);1H. The van der Waals surface area contributed by atoms with Crippen LogP contribution in [0, 0.1) is 10.5 Å². The van der Waals surface area contributed by atoms with Gasteiger partial charge in [0.05, 0.1) is 0 Å². The Hall–Kier alpha value is -0.330. The van der Waals surface area contributed by atoms with E-state index in [1.807, 2.05) is 32.2 Å². The number of hydrogen-bond acceptors (Lipinski definition) is 2. The van der Waals surface area contributed by atoms with E-state index >= 15 is 0 Å². The normalized spacial score (nSPS) is 9.59. The lowest BCUT2D eigenvalue weighted by Gasteiger charge is -2.08. The van der Waals surface area contributed by atoms with Gasteiger partial charge in [0.2, 0.25) is 0 Å². The van der Waals surface area contributed by atoms with Crippen LogP contribution in [0.2, 0.25) is 0 Å². The van der Waals surface area contributed by atoms with Gasteiger partial charge in [-0.15, -0.1) is 12.4 Å². The first-order valence-corrected chi connectivity index (χ1v) is 6.42. The molecule has 17 heavy (non-hydrogen) atoms. The highest BCUT2D eigenvalue weighted by atomic mass is 127. The molecule has 1 aromatic rings. The second-order valence-electron chi connectivity index (χ2n) is 3.63. The number of carbonyl (C=O) groups excluding carboxylic acids is 1. The molecule has 0 saturated carbocycles. The van der Waals surface area contributed by atoms with E-state index in [1.165, 1.54) is 0 Å². The molecule has 1 aromatic carbocycles. The fourth-order valence-electron chi connectivity index (χ4n) is 1.42. The highest BCUT2D eigenvalue weighted by Gasteiger charge is 2.09. The van der Waals surface area contributed by atoms with Gasteiger partial charge in [-0.25, -0.2) is 0 Å². The molecular formula is C12H18ClIN2O. The Labute approximate surface area is 122 Å². The summed E-state index contributed by atoms with van der Waals surface area (Å²) in [6.07, 6.45) is 0.950. The van der Waals surface area contributed by atoms with Crippen LogP contribution in [-0.4, -0.2) is 26.0 Å². The third-order valence-electron chi connectivity index (χ3n) is 2.40. The highest BCUT2D eigenvalue weighted by Crippen LogP contribution is 2.15. The summed E-state index contributed by atoms with van der Waals surface area (Å²) in [5, 5.41) is 5.97. The Kier molecular flexibility index (Phi) is 8.55. The van der Waals surface area contributed by atoms with E-state index in [1.54, 1.807) is 0 Å². The van der Waals surface area contributed by atoms with E-state index in [0.717, 1.165) is 27.7 Å². The van der Waals surface area contributed by atoms with Crippen LogP contribution < -0.4 is 10.6 Å². The van der Waals surface area contributed by atoms with Crippen LogP contribution in [0.15, 0.2) is 18.2 Å². The predicted molar refractivity (Wildman–Crippen MR) is 82.0 cm³/mol. The molecule has 0 atom stereocenters. The lowest BCUT2D eigenvalue weighted by Crippen LogP contribution is -2.27. The Morgan fingerprint density at radius 3 is 2.71 bits per heavy atom. The van der Waals surface area contributed by atoms with Crippen molar-refractivity contribution >= 4 is 40.9 Å². The second-order valence-corrected chi connectivity index (χ2v) is 4.79. The van der Waals surface area contributed by atoms with E-state index in [9.17, 15) is 4.79 Å². The van der Waals surface area contributed by atoms with Gasteiger partial charge < -0.3 is 10.6 Å². The molecule has 96 valence electrons. The van der Waals surface area contributed by atoms with Crippen molar-refractivity contribution in [2.75, 3.05) is 20.1 Å². The Morgan fingerprint density at radius 1 is 1.35 bits per heavy atom. The fourth-order valence-corrected chi connectivity index (χ4v) is 1.91. The number of carbonyl (C=O) groups is 1. The van der Waals surface area contributed by atoms with Crippen molar-refractivity contribution in [3.05, 3.63) is 32.9 Å². The first-order chi connectivity index (χ1) is 7.66. The molecular weight excluding hydrogens is 351 g/mol. The third kappa shape index (κ3) is 5.23. The molecule has 0 saturated heterocycles. The molecule has 0 aliphatic carbocycles. The summed E-state index contributed by atoms with van der Waals surface area (Å²) in [5.41, 5.74) is 1.82. The topological polar surface area (TPSA) is 41.1 Å². The van der Waals surface area contributed by atoms with E-state index in [0.29, 0.717) is 6.54 Å². The third-order valence-corrected chi connectivity index (χ3v) is 3.57. The maximum absolute atomic E-state index is 11.8. The van der Waals surface area contributed by atoms with Gasteiger partial charge in [-0.2, -0.15) is 0 Å². The van der Waals surface area contributed by atoms with Crippen molar-refractivity contribution in [3.63, 3.8) is 0 Å². The van der Waals surface area contributed by atoms with Crippen LogP contribution in [0.5, 0.6) is 0 Å². The predicted octanol–water partition coefficient (Wildman–Crippen LogP) is 2.36. The molecule has 0 fully saturated rings. The molecule has 5 heteroatoms. The van der Waals surface area contributed by atoms with Crippen molar-refractivity contribution in [1.82, 2.24) is 10.6 Å². The molecule has 0 aliphatic rings. The van der Waals surface area contributed by atoms with Crippen molar-refractivity contribution in [2.45, 2.75) is 13.3 Å². The second kappa shape index (κ2) is 8.72. The molecule has 0 unspecified atom stereocenters. The first-order valence-electron chi connectivity index (χ1n) is 5.34. The van der Waals surface area contributed by atoms with Gasteiger partial charge in [-0.05, 0) is 67.2 Å². The van der Waals surface area contributed by atoms with Crippen molar-refractivity contribution < 1.29 is 4.79 Å². The lowest BCUT2D eigenvalue weighted by molar-refractivity contribution is 0.0952. The molecule has 0 aliphatic heterocycles. The van der Waals surface area contributed by atoms with Gasteiger partial charge in [-0.3, -0.25) is 4.79 Å².